The predicted octanol–water partition coefficient (Wildman–Crippen LogP) is 3.18. The molecule has 0 aliphatic rings. The fourth-order valence-electron chi connectivity index (χ4n) is 1.94. The van der Waals surface area contributed by atoms with Gasteiger partial charge in [0.1, 0.15) is 0 Å². The molecule has 0 fully saturated rings. The van der Waals surface area contributed by atoms with Gasteiger partial charge in [-0.25, -0.2) is 4.79 Å². The molecule has 0 aliphatic heterocycles. The number of esters is 1. The Bertz CT molecular complexity index is 802. The number of non-ortho nitro benzene ring substituents is 1. The van der Waals surface area contributed by atoms with E-state index in [1.54, 1.807) is 30.3 Å². The molecule has 1 unspecified atom stereocenters. The number of nitro groups is 1. The first-order valence-electron chi connectivity index (χ1n) is 7.45. The topological polar surface area (TPSA) is 98.5 Å². The first-order chi connectivity index (χ1) is 12.0. The number of hydrogen-bond acceptors (Lipinski definition) is 5. The van der Waals surface area contributed by atoms with E-state index < -0.39 is 22.9 Å². The number of carbonyl (C=O) groups excluding carboxylic acids is 2. The first kappa shape index (κ1) is 17.9. The van der Waals surface area contributed by atoms with E-state index in [4.69, 9.17) is 4.74 Å². The van der Waals surface area contributed by atoms with Gasteiger partial charge < -0.3 is 10.1 Å². The number of hydrogen-bond donors (Lipinski definition) is 1. The van der Waals surface area contributed by atoms with Crippen LogP contribution in [0.3, 0.4) is 0 Å². The number of amides is 1. The molecule has 2 rings (SSSR count). The van der Waals surface area contributed by atoms with Crippen LogP contribution in [0.4, 0.5) is 11.4 Å². The second kappa shape index (κ2) is 8.39. The Morgan fingerprint density at radius 3 is 2.56 bits per heavy atom. The van der Waals surface area contributed by atoms with Crippen molar-refractivity contribution < 1.29 is 19.2 Å². The molecule has 0 saturated heterocycles. The van der Waals surface area contributed by atoms with Gasteiger partial charge in [-0.15, -0.1) is 0 Å². The summed E-state index contributed by atoms with van der Waals surface area (Å²) in [5.41, 5.74) is 1.00. The molecule has 1 atom stereocenters. The molecule has 2 aromatic carbocycles. The Morgan fingerprint density at radius 1 is 1.16 bits per heavy atom. The van der Waals surface area contributed by atoms with Crippen molar-refractivity contribution in [1.29, 1.82) is 0 Å². The summed E-state index contributed by atoms with van der Waals surface area (Å²) in [5, 5.41) is 13.3. The standard InChI is InChI=1S/C18H16N2O5/c1-13(18(22)19-15-7-3-2-4-8-15)25-17(21)11-10-14-6-5-9-16(12-14)20(23)24/h2-13H,1H3,(H,19,22). The fourth-order valence-corrected chi connectivity index (χ4v) is 1.94. The number of nitrogens with zero attached hydrogens (tertiary/aromatic N) is 1. The molecule has 25 heavy (non-hydrogen) atoms. The number of carbonyl (C=O) groups is 2. The molecule has 0 aromatic heterocycles. The second-order valence-corrected chi connectivity index (χ2v) is 5.12. The Labute approximate surface area is 144 Å². The van der Waals surface area contributed by atoms with E-state index in [-0.39, 0.29) is 5.69 Å². The molecule has 1 amide bonds. The van der Waals surface area contributed by atoms with Crippen LogP contribution in [0.2, 0.25) is 0 Å². The molecular formula is C18H16N2O5. The minimum Gasteiger partial charge on any atom is -0.449 e. The van der Waals surface area contributed by atoms with Crippen molar-refractivity contribution in [3.63, 3.8) is 0 Å². The van der Waals surface area contributed by atoms with Crippen LogP contribution in [0.15, 0.2) is 60.7 Å². The molecule has 7 nitrogen and oxygen atoms in total. The molecular weight excluding hydrogens is 324 g/mol. The van der Waals surface area contributed by atoms with Crippen molar-refractivity contribution in [3.8, 4) is 0 Å². The maximum atomic E-state index is 12.0. The van der Waals surface area contributed by atoms with E-state index in [1.165, 1.54) is 31.2 Å². The molecule has 7 heteroatoms. The zero-order chi connectivity index (χ0) is 18.2. The number of nitro benzene ring substituents is 1. The SMILES string of the molecule is CC(OC(=O)C=Cc1cccc([N+](=O)[O-])c1)C(=O)Nc1ccccc1. The summed E-state index contributed by atoms with van der Waals surface area (Å²) in [4.78, 5) is 33.9. The molecule has 0 heterocycles. The van der Waals surface area contributed by atoms with Crippen LogP contribution in [0.5, 0.6) is 0 Å². The van der Waals surface area contributed by atoms with Crippen molar-refractivity contribution >= 4 is 29.3 Å². The van der Waals surface area contributed by atoms with E-state index >= 15 is 0 Å². The molecule has 0 saturated carbocycles. The highest BCUT2D eigenvalue weighted by Gasteiger charge is 2.16. The van der Waals surface area contributed by atoms with Gasteiger partial charge in [0.15, 0.2) is 6.10 Å². The third-order valence-electron chi connectivity index (χ3n) is 3.20. The Hall–Kier alpha value is -3.48. The maximum absolute atomic E-state index is 12.0. The Kier molecular flexibility index (Phi) is 6.00. The summed E-state index contributed by atoms with van der Waals surface area (Å²) in [6, 6.07) is 14.6. The van der Waals surface area contributed by atoms with Crippen LogP contribution in [0.1, 0.15) is 12.5 Å². The summed E-state index contributed by atoms with van der Waals surface area (Å²) in [6.45, 7) is 1.46. The van der Waals surface area contributed by atoms with Crippen LogP contribution >= 0.6 is 0 Å². The molecule has 2 aromatic rings. The summed E-state index contributed by atoms with van der Waals surface area (Å²) >= 11 is 0. The Balaban J connectivity index is 1.91. The number of rotatable bonds is 6. The largest absolute Gasteiger partial charge is 0.449 e. The summed E-state index contributed by atoms with van der Waals surface area (Å²) in [5.74, 6) is -1.18. The van der Waals surface area contributed by atoms with Gasteiger partial charge in [-0.3, -0.25) is 14.9 Å². The minimum atomic E-state index is -0.984. The van der Waals surface area contributed by atoms with Gasteiger partial charge in [-0.1, -0.05) is 30.3 Å². The fraction of sp³-hybridized carbons (Fsp3) is 0.111. The second-order valence-electron chi connectivity index (χ2n) is 5.12. The van der Waals surface area contributed by atoms with Gasteiger partial charge in [0.05, 0.1) is 4.92 Å². The molecule has 0 spiro atoms. The molecule has 0 radical (unpaired) electrons. The van der Waals surface area contributed by atoms with Crippen molar-refractivity contribution in [2.75, 3.05) is 5.32 Å². The van der Waals surface area contributed by atoms with Crippen molar-refractivity contribution in [1.82, 2.24) is 0 Å². The Morgan fingerprint density at radius 2 is 1.88 bits per heavy atom. The highest BCUT2D eigenvalue weighted by atomic mass is 16.6. The summed E-state index contributed by atoms with van der Waals surface area (Å²) < 4.78 is 5.01. The van der Waals surface area contributed by atoms with Gasteiger partial charge in [0, 0.05) is 23.9 Å². The monoisotopic (exact) mass is 340 g/mol. The third kappa shape index (κ3) is 5.58. The lowest BCUT2D eigenvalue weighted by molar-refractivity contribution is -0.384. The highest BCUT2D eigenvalue weighted by molar-refractivity contribution is 5.96. The maximum Gasteiger partial charge on any atom is 0.331 e. The number of anilines is 1. The van der Waals surface area contributed by atoms with E-state index in [9.17, 15) is 19.7 Å². The molecule has 0 bridgehead atoms. The van der Waals surface area contributed by atoms with E-state index in [0.29, 0.717) is 11.3 Å². The molecule has 0 aliphatic carbocycles. The van der Waals surface area contributed by atoms with Gasteiger partial charge in [0.25, 0.3) is 11.6 Å². The quantitative estimate of drug-likeness (QED) is 0.377. The van der Waals surface area contributed by atoms with E-state index in [2.05, 4.69) is 5.32 Å². The van der Waals surface area contributed by atoms with Crippen LogP contribution in [-0.2, 0) is 14.3 Å². The van der Waals surface area contributed by atoms with E-state index in [0.717, 1.165) is 6.08 Å². The van der Waals surface area contributed by atoms with Crippen molar-refractivity contribution in [3.05, 3.63) is 76.4 Å². The van der Waals surface area contributed by atoms with Crippen LogP contribution < -0.4 is 5.32 Å². The van der Waals surface area contributed by atoms with Gasteiger partial charge in [-0.05, 0) is 30.7 Å². The van der Waals surface area contributed by atoms with Crippen LogP contribution in [-0.4, -0.2) is 22.9 Å². The lowest BCUT2D eigenvalue weighted by Gasteiger charge is -2.12. The summed E-state index contributed by atoms with van der Waals surface area (Å²) in [7, 11) is 0. The lowest BCUT2D eigenvalue weighted by Crippen LogP contribution is -2.29. The van der Waals surface area contributed by atoms with Crippen molar-refractivity contribution in [2.24, 2.45) is 0 Å². The third-order valence-corrected chi connectivity index (χ3v) is 3.20. The average Bonchev–Trinajstić information content (AvgIpc) is 2.61. The predicted molar refractivity (Wildman–Crippen MR) is 92.8 cm³/mol. The zero-order valence-corrected chi connectivity index (χ0v) is 13.4. The lowest BCUT2D eigenvalue weighted by atomic mass is 10.2. The van der Waals surface area contributed by atoms with E-state index in [1.807, 2.05) is 6.07 Å². The highest BCUT2D eigenvalue weighted by Crippen LogP contribution is 2.14. The molecule has 1 N–H and O–H groups in total. The number of benzene rings is 2. The first-order valence-corrected chi connectivity index (χ1v) is 7.45. The number of nitrogens with one attached hydrogen (secondary N) is 1. The van der Waals surface area contributed by atoms with Crippen molar-refractivity contribution in [2.45, 2.75) is 13.0 Å². The minimum absolute atomic E-state index is 0.0777. The summed E-state index contributed by atoms with van der Waals surface area (Å²) in [6.07, 6.45) is 1.52. The average molecular weight is 340 g/mol. The zero-order valence-electron chi connectivity index (χ0n) is 13.4. The van der Waals surface area contributed by atoms with Gasteiger partial charge in [-0.2, -0.15) is 0 Å². The normalized spacial score (nSPS) is 11.7. The van der Waals surface area contributed by atoms with Crippen LogP contribution in [0, 0.1) is 10.1 Å². The number of para-hydroxylation sites is 1. The van der Waals surface area contributed by atoms with Gasteiger partial charge >= 0.3 is 5.97 Å². The number of ether oxygens (including phenoxy) is 1. The van der Waals surface area contributed by atoms with Crippen LogP contribution in [0.25, 0.3) is 6.08 Å². The van der Waals surface area contributed by atoms with Gasteiger partial charge in [0.2, 0.25) is 0 Å². The molecule has 128 valence electrons. The smallest absolute Gasteiger partial charge is 0.331 e.